The molecule has 3 atom stereocenters. The van der Waals surface area contributed by atoms with Crippen molar-refractivity contribution in [3.05, 3.63) is 22.4 Å². The van der Waals surface area contributed by atoms with Crippen LogP contribution in [0.2, 0.25) is 0 Å². The molecule has 1 heterocycles. The van der Waals surface area contributed by atoms with Gasteiger partial charge in [-0.05, 0) is 49.0 Å². The maximum absolute atomic E-state index is 9.96. The second-order valence-electron chi connectivity index (χ2n) is 6.20. The van der Waals surface area contributed by atoms with E-state index < -0.39 is 0 Å². The molecule has 106 valence electrons. The van der Waals surface area contributed by atoms with E-state index in [0.29, 0.717) is 12.0 Å². The van der Waals surface area contributed by atoms with Crippen molar-refractivity contribution in [1.29, 1.82) is 0 Å². The van der Waals surface area contributed by atoms with Crippen molar-refractivity contribution in [1.82, 2.24) is 5.32 Å². The molecule has 3 heteroatoms. The standard InChI is InChI=1S/C16H25NOS/c18-14-8-3-7-13(14)11-17-16(12-5-1-2-6-12)15-9-4-10-19-15/h4,9-10,12-14,16-18H,1-3,5-8,11H2. The first-order chi connectivity index (χ1) is 9.34. The summed E-state index contributed by atoms with van der Waals surface area (Å²) in [4.78, 5) is 1.49. The number of thiophene rings is 1. The van der Waals surface area contributed by atoms with Crippen LogP contribution in [0.3, 0.4) is 0 Å². The van der Waals surface area contributed by atoms with Crippen LogP contribution in [0, 0.1) is 11.8 Å². The summed E-state index contributed by atoms with van der Waals surface area (Å²) in [6, 6.07) is 4.95. The Bertz CT molecular complexity index is 372. The van der Waals surface area contributed by atoms with E-state index in [1.54, 1.807) is 0 Å². The van der Waals surface area contributed by atoms with Gasteiger partial charge in [-0.1, -0.05) is 25.3 Å². The van der Waals surface area contributed by atoms with Crippen LogP contribution in [-0.4, -0.2) is 17.8 Å². The van der Waals surface area contributed by atoms with Crippen LogP contribution in [0.15, 0.2) is 17.5 Å². The first kappa shape index (κ1) is 13.6. The Labute approximate surface area is 120 Å². The third-order valence-corrected chi connectivity index (χ3v) is 5.90. The predicted molar refractivity (Wildman–Crippen MR) is 80.4 cm³/mol. The number of hydrogen-bond acceptors (Lipinski definition) is 3. The molecular formula is C16H25NOS. The summed E-state index contributed by atoms with van der Waals surface area (Å²) < 4.78 is 0. The minimum absolute atomic E-state index is 0.0694. The van der Waals surface area contributed by atoms with Crippen LogP contribution < -0.4 is 5.32 Å². The fourth-order valence-corrected chi connectivity index (χ4v) is 4.69. The molecule has 0 aliphatic heterocycles. The van der Waals surface area contributed by atoms with Crippen molar-refractivity contribution in [3.63, 3.8) is 0 Å². The average Bonchev–Trinajstić information content (AvgIpc) is 3.13. The number of hydrogen-bond donors (Lipinski definition) is 2. The second kappa shape index (κ2) is 6.38. The molecule has 2 fully saturated rings. The maximum atomic E-state index is 9.96. The fourth-order valence-electron chi connectivity index (χ4n) is 3.79. The summed E-state index contributed by atoms with van der Waals surface area (Å²) in [6.07, 6.45) is 8.82. The summed E-state index contributed by atoms with van der Waals surface area (Å²) in [6.45, 7) is 0.986. The van der Waals surface area contributed by atoms with Gasteiger partial charge in [-0.15, -0.1) is 11.3 Å². The third kappa shape index (κ3) is 3.21. The lowest BCUT2D eigenvalue weighted by Crippen LogP contribution is -2.33. The van der Waals surface area contributed by atoms with Crippen molar-refractivity contribution in [2.24, 2.45) is 11.8 Å². The van der Waals surface area contributed by atoms with Gasteiger partial charge in [0.15, 0.2) is 0 Å². The van der Waals surface area contributed by atoms with Crippen LogP contribution >= 0.6 is 11.3 Å². The van der Waals surface area contributed by atoms with E-state index in [0.717, 1.165) is 18.9 Å². The fraction of sp³-hybridized carbons (Fsp3) is 0.750. The minimum atomic E-state index is -0.0694. The lowest BCUT2D eigenvalue weighted by molar-refractivity contribution is 0.128. The van der Waals surface area contributed by atoms with Crippen LogP contribution in [0.25, 0.3) is 0 Å². The van der Waals surface area contributed by atoms with E-state index in [-0.39, 0.29) is 6.10 Å². The van der Waals surface area contributed by atoms with Crippen molar-refractivity contribution in [3.8, 4) is 0 Å². The van der Waals surface area contributed by atoms with Gasteiger partial charge in [0, 0.05) is 17.5 Å². The van der Waals surface area contributed by atoms with E-state index >= 15 is 0 Å². The van der Waals surface area contributed by atoms with Crippen molar-refractivity contribution < 1.29 is 5.11 Å². The summed E-state index contributed by atoms with van der Waals surface area (Å²) >= 11 is 1.88. The lowest BCUT2D eigenvalue weighted by Gasteiger charge is -2.26. The van der Waals surface area contributed by atoms with Crippen LogP contribution in [0.1, 0.15) is 55.9 Å². The molecule has 2 saturated carbocycles. The van der Waals surface area contributed by atoms with Crippen LogP contribution in [0.5, 0.6) is 0 Å². The maximum Gasteiger partial charge on any atom is 0.0580 e. The van der Waals surface area contributed by atoms with Crippen molar-refractivity contribution in [2.45, 2.75) is 57.1 Å². The summed E-state index contributed by atoms with van der Waals surface area (Å²) in [5.41, 5.74) is 0. The Morgan fingerprint density at radius 2 is 2.05 bits per heavy atom. The molecule has 3 unspecified atom stereocenters. The summed E-state index contributed by atoms with van der Waals surface area (Å²) in [5.74, 6) is 1.28. The molecule has 1 aromatic rings. The van der Waals surface area contributed by atoms with Crippen molar-refractivity contribution >= 4 is 11.3 Å². The molecule has 3 rings (SSSR count). The molecule has 0 saturated heterocycles. The summed E-state index contributed by atoms with van der Waals surface area (Å²) in [7, 11) is 0. The number of aliphatic hydroxyl groups is 1. The molecule has 1 aromatic heterocycles. The number of nitrogens with one attached hydrogen (secondary N) is 1. The quantitative estimate of drug-likeness (QED) is 0.861. The first-order valence-electron chi connectivity index (χ1n) is 7.79. The Balaban J connectivity index is 1.62. The Kier molecular flexibility index (Phi) is 4.57. The smallest absolute Gasteiger partial charge is 0.0580 e. The van der Waals surface area contributed by atoms with Gasteiger partial charge in [-0.3, -0.25) is 0 Å². The van der Waals surface area contributed by atoms with E-state index in [9.17, 15) is 5.11 Å². The van der Waals surface area contributed by atoms with Gasteiger partial charge in [0.05, 0.1) is 6.10 Å². The van der Waals surface area contributed by atoms with E-state index in [2.05, 4.69) is 22.8 Å². The SMILES string of the molecule is OC1CCCC1CNC(c1cccs1)C1CCCC1. The molecule has 0 aromatic carbocycles. The molecule has 0 radical (unpaired) electrons. The van der Waals surface area contributed by atoms with E-state index in [4.69, 9.17) is 0 Å². The zero-order valence-electron chi connectivity index (χ0n) is 11.6. The minimum Gasteiger partial charge on any atom is -0.393 e. The third-order valence-electron chi connectivity index (χ3n) is 4.94. The molecular weight excluding hydrogens is 254 g/mol. The molecule has 0 amide bonds. The highest BCUT2D eigenvalue weighted by Crippen LogP contribution is 2.37. The molecule has 2 N–H and O–H groups in total. The topological polar surface area (TPSA) is 32.3 Å². The zero-order chi connectivity index (χ0) is 13.1. The lowest BCUT2D eigenvalue weighted by atomic mass is 9.95. The summed E-state index contributed by atoms with van der Waals surface area (Å²) in [5, 5.41) is 15.9. The zero-order valence-corrected chi connectivity index (χ0v) is 12.4. The average molecular weight is 279 g/mol. The highest BCUT2D eigenvalue weighted by atomic mass is 32.1. The van der Waals surface area contributed by atoms with E-state index in [1.165, 1.54) is 43.4 Å². The molecule has 2 aliphatic rings. The van der Waals surface area contributed by atoms with Gasteiger partial charge in [-0.2, -0.15) is 0 Å². The first-order valence-corrected chi connectivity index (χ1v) is 8.67. The molecule has 0 bridgehead atoms. The molecule has 2 nitrogen and oxygen atoms in total. The van der Waals surface area contributed by atoms with Gasteiger partial charge >= 0.3 is 0 Å². The normalized spacial score (nSPS) is 29.9. The van der Waals surface area contributed by atoms with Gasteiger partial charge in [0.1, 0.15) is 0 Å². The monoisotopic (exact) mass is 279 g/mol. The van der Waals surface area contributed by atoms with E-state index in [1.807, 2.05) is 11.3 Å². The van der Waals surface area contributed by atoms with Crippen LogP contribution in [-0.2, 0) is 0 Å². The number of rotatable bonds is 5. The molecule has 19 heavy (non-hydrogen) atoms. The largest absolute Gasteiger partial charge is 0.393 e. The Morgan fingerprint density at radius 3 is 2.68 bits per heavy atom. The molecule has 0 spiro atoms. The van der Waals surface area contributed by atoms with Gasteiger partial charge in [-0.25, -0.2) is 0 Å². The Morgan fingerprint density at radius 1 is 1.21 bits per heavy atom. The van der Waals surface area contributed by atoms with Gasteiger partial charge in [0.2, 0.25) is 0 Å². The van der Waals surface area contributed by atoms with Gasteiger partial charge < -0.3 is 10.4 Å². The molecule has 2 aliphatic carbocycles. The predicted octanol–water partition coefficient (Wildman–Crippen LogP) is 3.73. The number of aliphatic hydroxyl groups excluding tert-OH is 1. The highest BCUT2D eigenvalue weighted by molar-refractivity contribution is 7.10. The highest BCUT2D eigenvalue weighted by Gasteiger charge is 2.30. The second-order valence-corrected chi connectivity index (χ2v) is 7.18. The van der Waals surface area contributed by atoms with Gasteiger partial charge in [0.25, 0.3) is 0 Å². The van der Waals surface area contributed by atoms with Crippen molar-refractivity contribution in [2.75, 3.05) is 6.54 Å². The van der Waals surface area contributed by atoms with Crippen LogP contribution in [0.4, 0.5) is 0 Å². The Hall–Kier alpha value is -0.380.